The van der Waals surface area contributed by atoms with Crippen molar-refractivity contribution in [3.8, 4) is 0 Å². The maximum absolute atomic E-state index is 10.8. The summed E-state index contributed by atoms with van der Waals surface area (Å²) in [5, 5.41) is 2.67. The summed E-state index contributed by atoms with van der Waals surface area (Å²) in [6.45, 7) is 0. The highest BCUT2D eigenvalue weighted by atomic mass is 16.2. The molecule has 11 heavy (non-hydrogen) atoms. The largest absolute Gasteiger partial charge is 0.368 e. The Labute approximate surface area is 63.5 Å². The first-order valence-electron chi connectivity index (χ1n) is 3.58. The summed E-state index contributed by atoms with van der Waals surface area (Å²) in [5.41, 5.74) is 5.09. The topological polar surface area (TPSA) is 75.4 Å². The van der Waals surface area contributed by atoms with Crippen LogP contribution < -0.4 is 11.1 Å². The molecule has 0 saturated carbocycles. The monoisotopic (exact) mass is 155 g/mol. The fourth-order valence-electron chi connectivity index (χ4n) is 1.67. The molecule has 3 amide bonds. The second kappa shape index (κ2) is 1.87. The van der Waals surface area contributed by atoms with Crippen molar-refractivity contribution in [1.82, 2.24) is 10.2 Å². The summed E-state index contributed by atoms with van der Waals surface area (Å²) < 4.78 is 0. The Morgan fingerprint density at radius 2 is 2.36 bits per heavy atom. The van der Waals surface area contributed by atoms with Crippen LogP contribution in [0, 0.1) is 0 Å². The zero-order valence-electron chi connectivity index (χ0n) is 5.91. The smallest absolute Gasteiger partial charge is 0.321 e. The van der Waals surface area contributed by atoms with Gasteiger partial charge in [-0.3, -0.25) is 9.69 Å². The van der Waals surface area contributed by atoms with Crippen molar-refractivity contribution < 1.29 is 9.59 Å². The van der Waals surface area contributed by atoms with E-state index in [1.165, 1.54) is 4.90 Å². The minimum absolute atomic E-state index is 0.0694. The Morgan fingerprint density at radius 1 is 1.64 bits per heavy atom. The Bertz CT molecular complexity index is 220. The predicted molar refractivity (Wildman–Crippen MR) is 36.4 cm³/mol. The van der Waals surface area contributed by atoms with Crippen molar-refractivity contribution in [3.05, 3.63) is 0 Å². The number of nitrogens with one attached hydrogen (secondary N) is 1. The fraction of sp³-hybridized carbons (Fsp3) is 0.667. The van der Waals surface area contributed by atoms with Crippen LogP contribution in [-0.4, -0.2) is 29.0 Å². The van der Waals surface area contributed by atoms with Gasteiger partial charge >= 0.3 is 6.03 Å². The van der Waals surface area contributed by atoms with E-state index < -0.39 is 5.91 Å². The number of nitrogens with two attached hydrogens (primary N) is 1. The first-order chi connectivity index (χ1) is 5.20. The van der Waals surface area contributed by atoms with Gasteiger partial charge in [0.1, 0.15) is 12.2 Å². The molecular formula is C6H9N3O2. The van der Waals surface area contributed by atoms with E-state index in [1.807, 2.05) is 0 Å². The lowest BCUT2D eigenvalue weighted by molar-refractivity contribution is -0.122. The highest BCUT2D eigenvalue weighted by molar-refractivity contribution is 5.90. The number of urea groups is 1. The van der Waals surface area contributed by atoms with Crippen LogP contribution in [0.1, 0.15) is 12.8 Å². The summed E-state index contributed by atoms with van der Waals surface area (Å²) in [7, 11) is 0. The predicted octanol–water partition coefficient (Wildman–Crippen LogP) is -1.01. The van der Waals surface area contributed by atoms with E-state index in [-0.39, 0.29) is 18.2 Å². The van der Waals surface area contributed by atoms with Gasteiger partial charge in [-0.25, -0.2) is 4.79 Å². The molecule has 2 atom stereocenters. The third-order valence-electron chi connectivity index (χ3n) is 2.24. The van der Waals surface area contributed by atoms with Crippen LogP contribution in [0.15, 0.2) is 0 Å². The second-order valence-electron chi connectivity index (χ2n) is 2.87. The Hall–Kier alpha value is -1.26. The zero-order valence-corrected chi connectivity index (χ0v) is 5.91. The second-order valence-corrected chi connectivity index (χ2v) is 2.87. The summed E-state index contributed by atoms with van der Waals surface area (Å²) in [6.07, 6.45) is 1.60. The molecule has 2 saturated heterocycles. The van der Waals surface area contributed by atoms with Crippen LogP contribution >= 0.6 is 0 Å². The summed E-state index contributed by atoms with van der Waals surface area (Å²) in [6, 6.07) is -0.537. The number of rotatable bonds is 1. The number of primary amides is 1. The number of hydrogen-bond donors (Lipinski definition) is 2. The maximum Gasteiger partial charge on any atom is 0.321 e. The summed E-state index contributed by atoms with van der Waals surface area (Å²) >= 11 is 0. The quantitative estimate of drug-likeness (QED) is 0.508. The zero-order chi connectivity index (χ0) is 8.01. The number of hydrogen-bond acceptors (Lipinski definition) is 2. The van der Waals surface area contributed by atoms with Crippen molar-refractivity contribution >= 4 is 11.9 Å². The van der Waals surface area contributed by atoms with Crippen molar-refractivity contribution in [1.29, 1.82) is 0 Å². The molecule has 60 valence electrons. The van der Waals surface area contributed by atoms with Gasteiger partial charge in [0.25, 0.3) is 0 Å². The van der Waals surface area contributed by atoms with E-state index in [0.717, 1.165) is 6.42 Å². The molecule has 0 bridgehead atoms. The van der Waals surface area contributed by atoms with Gasteiger partial charge in [0, 0.05) is 0 Å². The Kier molecular flexibility index (Phi) is 1.10. The Morgan fingerprint density at radius 3 is 2.82 bits per heavy atom. The van der Waals surface area contributed by atoms with Crippen LogP contribution in [0.2, 0.25) is 0 Å². The molecule has 2 unspecified atom stereocenters. The normalized spacial score (nSPS) is 34.2. The fourth-order valence-corrected chi connectivity index (χ4v) is 1.67. The third-order valence-corrected chi connectivity index (χ3v) is 2.24. The maximum atomic E-state index is 10.8. The molecule has 2 fully saturated rings. The molecule has 2 heterocycles. The van der Waals surface area contributed by atoms with Crippen LogP contribution in [0.4, 0.5) is 4.79 Å². The van der Waals surface area contributed by atoms with Gasteiger partial charge in [-0.15, -0.1) is 0 Å². The summed E-state index contributed by atoms with van der Waals surface area (Å²) in [4.78, 5) is 23.1. The number of carbonyl (C=O) groups is 2. The van der Waals surface area contributed by atoms with E-state index in [9.17, 15) is 9.59 Å². The molecule has 3 N–H and O–H groups in total. The van der Waals surface area contributed by atoms with Gasteiger partial charge in [0.15, 0.2) is 0 Å². The minimum Gasteiger partial charge on any atom is -0.368 e. The lowest BCUT2D eigenvalue weighted by Crippen LogP contribution is -2.66. The molecule has 0 radical (unpaired) electrons. The van der Waals surface area contributed by atoms with Crippen LogP contribution in [0.3, 0.4) is 0 Å². The average molecular weight is 155 g/mol. The van der Waals surface area contributed by atoms with Crippen LogP contribution in [0.25, 0.3) is 0 Å². The van der Waals surface area contributed by atoms with Crippen molar-refractivity contribution in [2.45, 2.75) is 25.0 Å². The highest BCUT2D eigenvalue weighted by Crippen LogP contribution is 2.27. The standard InChI is InChI=1S/C6H9N3O2/c7-5(10)3-1-2-4-8-6(11)9(3)4/h3-4H,1-2H2,(H2,7,10)(H,8,11). The highest BCUT2D eigenvalue weighted by Gasteiger charge is 2.47. The minimum atomic E-state index is -0.401. The molecule has 0 aliphatic carbocycles. The molecular weight excluding hydrogens is 146 g/mol. The van der Waals surface area contributed by atoms with Gasteiger partial charge in [-0.1, -0.05) is 0 Å². The molecule has 0 aromatic carbocycles. The molecule has 2 rings (SSSR count). The number of nitrogens with zero attached hydrogens (tertiary/aromatic N) is 1. The molecule has 2 aliphatic heterocycles. The van der Waals surface area contributed by atoms with E-state index in [1.54, 1.807) is 0 Å². The van der Waals surface area contributed by atoms with Gasteiger partial charge in [0.05, 0.1) is 0 Å². The lowest BCUT2D eigenvalue weighted by atomic mass is 10.2. The van der Waals surface area contributed by atoms with Crippen molar-refractivity contribution in [2.24, 2.45) is 5.73 Å². The third kappa shape index (κ3) is 0.704. The van der Waals surface area contributed by atoms with E-state index in [2.05, 4.69) is 5.32 Å². The number of fused-ring (bicyclic) bond motifs is 1. The first kappa shape index (κ1) is 6.45. The molecule has 2 aliphatic rings. The van der Waals surface area contributed by atoms with Crippen LogP contribution in [-0.2, 0) is 4.79 Å². The lowest BCUT2D eigenvalue weighted by Gasteiger charge is -2.38. The first-order valence-corrected chi connectivity index (χ1v) is 3.58. The van der Waals surface area contributed by atoms with Gasteiger partial charge in [-0.2, -0.15) is 0 Å². The Balaban J connectivity index is 2.14. The molecule has 0 aromatic rings. The molecule has 5 nitrogen and oxygen atoms in total. The SMILES string of the molecule is NC(=O)C1CCC2NC(=O)N21. The van der Waals surface area contributed by atoms with Gasteiger partial charge < -0.3 is 11.1 Å². The molecule has 5 heteroatoms. The molecule has 0 aromatic heterocycles. The van der Waals surface area contributed by atoms with E-state index in [0.29, 0.717) is 6.42 Å². The number of carbonyl (C=O) groups excluding carboxylic acids is 2. The van der Waals surface area contributed by atoms with E-state index in [4.69, 9.17) is 5.73 Å². The van der Waals surface area contributed by atoms with Crippen molar-refractivity contribution in [2.75, 3.05) is 0 Å². The van der Waals surface area contributed by atoms with Crippen molar-refractivity contribution in [3.63, 3.8) is 0 Å². The summed E-state index contributed by atoms with van der Waals surface area (Å²) in [5.74, 6) is -0.401. The van der Waals surface area contributed by atoms with Crippen LogP contribution in [0.5, 0.6) is 0 Å². The number of amides is 3. The average Bonchev–Trinajstić information content (AvgIpc) is 2.25. The van der Waals surface area contributed by atoms with Gasteiger partial charge in [0.2, 0.25) is 5.91 Å². The van der Waals surface area contributed by atoms with E-state index >= 15 is 0 Å². The molecule has 0 spiro atoms. The van der Waals surface area contributed by atoms with Gasteiger partial charge in [-0.05, 0) is 12.8 Å².